The number of thiazole rings is 1. The molecular weight excluding hydrogens is 589 g/mol. The maximum absolute atomic E-state index is 2.49. The molecule has 3 aliphatic heterocycles. The van der Waals surface area contributed by atoms with E-state index in [2.05, 4.69) is 167 Å². The lowest BCUT2D eigenvalue weighted by molar-refractivity contribution is -0.642. The molecule has 0 unspecified atom stereocenters. The van der Waals surface area contributed by atoms with Crippen LogP contribution in [-0.2, 0) is 19.9 Å². The summed E-state index contributed by atoms with van der Waals surface area (Å²) in [5.74, 6) is 0. The molecule has 6 heteroatoms. The van der Waals surface area contributed by atoms with Crippen LogP contribution in [0.2, 0.25) is 0 Å². The van der Waals surface area contributed by atoms with E-state index in [4.69, 9.17) is 0 Å². The quantitative estimate of drug-likeness (QED) is 0.176. The maximum atomic E-state index is 2.49. The Balaban J connectivity index is 1.10. The molecular formula is C39H34N4S2+2. The lowest BCUT2D eigenvalue weighted by Crippen LogP contribution is -2.33. The predicted molar refractivity (Wildman–Crippen MR) is 191 cm³/mol. The highest BCUT2D eigenvalue weighted by molar-refractivity contribution is 8.03. The molecule has 4 aromatic carbocycles. The van der Waals surface area contributed by atoms with Gasteiger partial charge in [0.1, 0.15) is 25.5 Å². The topological polar surface area (TPSA) is 13.4 Å². The summed E-state index contributed by atoms with van der Waals surface area (Å²) in [7, 11) is 4.31. The van der Waals surface area contributed by atoms with Crippen LogP contribution in [0.1, 0.15) is 16.1 Å². The highest BCUT2D eigenvalue weighted by Gasteiger charge is 2.31. The van der Waals surface area contributed by atoms with Crippen molar-refractivity contribution in [3.8, 4) is 0 Å². The molecule has 3 aliphatic rings. The number of allylic oxidation sites excluding steroid dienone is 6. The number of aromatic nitrogens is 1. The lowest BCUT2D eigenvalue weighted by atomic mass is 10.1. The van der Waals surface area contributed by atoms with Gasteiger partial charge in [-0.2, -0.15) is 9.14 Å². The van der Waals surface area contributed by atoms with Gasteiger partial charge >= 0.3 is 0 Å². The van der Waals surface area contributed by atoms with Gasteiger partial charge in [0.05, 0.1) is 17.1 Å². The van der Waals surface area contributed by atoms with Crippen molar-refractivity contribution < 1.29 is 9.14 Å². The van der Waals surface area contributed by atoms with E-state index in [0.717, 1.165) is 19.5 Å². The van der Waals surface area contributed by atoms with Crippen molar-refractivity contribution in [3.05, 3.63) is 154 Å². The number of nitrogens with zero attached hydrogens (tertiary/aromatic N) is 4. The second kappa shape index (κ2) is 11.7. The zero-order valence-electron chi connectivity index (χ0n) is 25.4. The molecule has 1 aromatic heterocycles. The number of rotatable bonds is 6. The molecule has 0 fully saturated rings. The fourth-order valence-electron chi connectivity index (χ4n) is 6.52. The standard InChI is InChI=1S/C39H34N4S2/c1-40-30(25-28-13-3-5-17-32(28)40)15-11-16-31-26-29-14-4-6-18-33(29)42(31)27-43-35-20-8-10-22-37(35)45-39(43)24-12-23-38-41(2)34-19-7-9-21-36(34)44-38/h3-24H,25-27H2,1-2H3/q+2. The van der Waals surface area contributed by atoms with Gasteiger partial charge in [-0.25, -0.2) is 0 Å². The number of aryl methyl sites for hydroxylation is 1. The van der Waals surface area contributed by atoms with Crippen LogP contribution < -0.4 is 14.4 Å². The molecule has 0 amide bonds. The van der Waals surface area contributed by atoms with Gasteiger partial charge in [-0.15, -0.1) is 0 Å². The Morgan fingerprint density at radius 3 is 2.31 bits per heavy atom. The average Bonchev–Trinajstić information content (AvgIpc) is 3.79. The van der Waals surface area contributed by atoms with Gasteiger partial charge in [0, 0.05) is 52.5 Å². The molecule has 0 N–H and O–H groups in total. The minimum atomic E-state index is 0.749. The zero-order chi connectivity index (χ0) is 30.3. The van der Waals surface area contributed by atoms with E-state index in [1.165, 1.54) is 64.7 Å². The number of thioether (sulfide) groups is 1. The van der Waals surface area contributed by atoms with Gasteiger partial charge in [0.15, 0.2) is 5.71 Å². The van der Waals surface area contributed by atoms with E-state index in [1.807, 2.05) is 23.1 Å². The monoisotopic (exact) mass is 622 g/mol. The molecule has 5 aromatic rings. The van der Waals surface area contributed by atoms with Crippen LogP contribution in [0, 0.1) is 0 Å². The van der Waals surface area contributed by atoms with Gasteiger partial charge in [0.25, 0.3) is 5.01 Å². The first kappa shape index (κ1) is 27.9. The second-order valence-electron chi connectivity index (χ2n) is 11.6. The Kier molecular flexibility index (Phi) is 7.24. The van der Waals surface area contributed by atoms with Crippen LogP contribution in [0.25, 0.3) is 16.3 Å². The van der Waals surface area contributed by atoms with Gasteiger partial charge in [-0.1, -0.05) is 95.9 Å². The van der Waals surface area contributed by atoms with E-state index in [9.17, 15) is 0 Å². The minimum Gasteiger partial charge on any atom is -0.326 e. The third-order valence-electron chi connectivity index (χ3n) is 8.90. The molecule has 4 heterocycles. The van der Waals surface area contributed by atoms with E-state index in [-0.39, 0.29) is 0 Å². The molecule has 0 radical (unpaired) electrons. The number of para-hydroxylation sites is 4. The summed E-state index contributed by atoms with van der Waals surface area (Å²) in [6.45, 7) is 0.749. The Hall–Kier alpha value is -4.65. The molecule has 0 bridgehead atoms. The van der Waals surface area contributed by atoms with Gasteiger partial charge in [-0.05, 0) is 42.0 Å². The summed E-state index contributed by atoms with van der Waals surface area (Å²) in [4.78, 5) is 6.25. The smallest absolute Gasteiger partial charge is 0.262 e. The molecule has 0 spiro atoms. The molecule has 0 aliphatic carbocycles. The Labute approximate surface area is 272 Å². The normalized spacial score (nSPS) is 17.6. The van der Waals surface area contributed by atoms with E-state index >= 15 is 0 Å². The van der Waals surface area contributed by atoms with Crippen LogP contribution in [0.3, 0.4) is 0 Å². The van der Waals surface area contributed by atoms with Crippen LogP contribution in [0.4, 0.5) is 17.1 Å². The third kappa shape index (κ3) is 5.14. The minimum absolute atomic E-state index is 0.749. The number of anilines is 2. The predicted octanol–water partition coefficient (Wildman–Crippen LogP) is 8.62. The number of hydrogen-bond acceptors (Lipinski definition) is 4. The first-order valence-corrected chi connectivity index (χ1v) is 17.0. The number of hydrogen-bond donors (Lipinski definition) is 0. The number of fused-ring (bicyclic) bond motifs is 4. The summed E-state index contributed by atoms with van der Waals surface area (Å²) in [5.41, 5.74) is 10.5. The maximum Gasteiger partial charge on any atom is 0.262 e. The molecule has 0 atom stereocenters. The van der Waals surface area contributed by atoms with Crippen molar-refractivity contribution in [1.82, 2.24) is 0 Å². The molecule has 8 rings (SSSR count). The zero-order valence-corrected chi connectivity index (χ0v) is 27.1. The summed E-state index contributed by atoms with van der Waals surface area (Å²) >= 11 is 3.67. The third-order valence-corrected chi connectivity index (χ3v) is 11.2. The van der Waals surface area contributed by atoms with Crippen molar-refractivity contribution in [2.24, 2.45) is 7.05 Å². The fraction of sp³-hybridized carbons (Fsp3) is 0.128. The lowest BCUT2D eigenvalue weighted by Gasteiger charge is -2.29. The van der Waals surface area contributed by atoms with Crippen LogP contribution in [-0.4, -0.2) is 24.0 Å². The van der Waals surface area contributed by atoms with Crippen molar-refractivity contribution in [2.75, 3.05) is 23.5 Å². The van der Waals surface area contributed by atoms with E-state index in [1.54, 1.807) is 0 Å². The van der Waals surface area contributed by atoms with Gasteiger partial charge < -0.3 is 9.80 Å². The van der Waals surface area contributed by atoms with Crippen molar-refractivity contribution >= 4 is 62.2 Å². The highest BCUT2D eigenvalue weighted by atomic mass is 32.2. The van der Waals surface area contributed by atoms with E-state index in [0.29, 0.717) is 0 Å². The molecule has 220 valence electrons. The largest absolute Gasteiger partial charge is 0.326 e. The molecule has 0 saturated heterocycles. The van der Waals surface area contributed by atoms with Crippen molar-refractivity contribution in [2.45, 2.75) is 17.7 Å². The Morgan fingerprint density at radius 2 is 1.44 bits per heavy atom. The fourth-order valence-corrected chi connectivity index (χ4v) is 8.66. The van der Waals surface area contributed by atoms with Gasteiger partial charge in [0.2, 0.25) is 11.2 Å². The second-order valence-corrected chi connectivity index (χ2v) is 13.7. The van der Waals surface area contributed by atoms with Crippen LogP contribution in [0.5, 0.6) is 0 Å². The van der Waals surface area contributed by atoms with Crippen LogP contribution >= 0.6 is 23.1 Å². The molecule has 45 heavy (non-hydrogen) atoms. The first-order valence-electron chi connectivity index (χ1n) is 15.3. The highest BCUT2D eigenvalue weighted by Crippen LogP contribution is 2.47. The SMILES string of the molecule is C[N+]1=C(C=CC=C2Cc3ccccc3N2CN2C(=CC=Cc3sc4ccccc4[n+]3C)Sc3ccccc32)Cc2ccccc21. The van der Waals surface area contributed by atoms with Crippen molar-refractivity contribution in [1.29, 1.82) is 0 Å². The number of benzene rings is 4. The van der Waals surface area contributed by atoms with E-state index < -0.39 is 0 Å². The Morgan fingerprint density at radius 1 is 0.711 bits per heavy atom. The average molecular weight is 623 g/mol. The summed E-state index contributed by atoms with van der Waals surface area (Å²) in [6, 6.07) is 34.9. The summed E-state index contributed by atoms with van der Waals surface area (Å²) in [6.07, 6.45) is 15.4. The van der Waals surface area contributed by atoms with Crippen molar-refractivity contribution in [3.63, 3.8) is 0 Å². The molecule has 4 nitrogen and oxygen atoms in total. The van der Waals surface area contributed by atoms with Crippen LogP contribution in [0.15, 0.2) is 143 Å². The molecule has 0 saturated carbocycles. The summed E-state index contributed by atoms with van der Waals surface area (Å²) < 4.78 is 5.89. The summed E-state index contributed by atoms with van der Waals surface area (Å²) in [5, 5.41) is 2.47. The van der Waals surface area contributed by atoms with Gasteiger partial charge in [-0.3, -0.25) is 0 Å². The Bertz CT molecular complexity index is 2110. The first-order chi connectivity index (χ1) is 22.1.